The third kappa shape index (κ3) is 7.66. The first-order chi connectivity index (χ1) is 13.9. The lowest BCUT2D eigenvalue weighted by molar-refractivity contribution is -0.135. The molecule has 0 heterocycles. The molecule has 0 aliphatic carbocycles. The molecule has 2 aromatic carbocycles. The summed E-state index contributed by atoms with van der Waals surface area (Å²) in [6, 6.07) is 16.4. The van der Waals surface area contributed by atoms with Gasteiger partial charge >= 0.3 is 0 Å². The van der Waals surface area contributed by atoms with Crippen LogP contribution in [-0.2, 0) is 26.3 Å². The van der Waals surface area contributed by atoms with E-state index in [1.165, 1.54) is 24.3 Å². The maximum atomic E-state index is 12.6. The largest absolute Gasteiger partial charge is 0.273 e. The quantitative estimate of drug-likeness (QED) is 0.549. The van der Waals surface area contributed by atoms with Gasteiger partial charge in [-0.3, -0.25) is 9.63 Å². The first-order valence-corrected chi connectivity index (χ1v) is 10.9. The molecule has 2 N–H and O–H groups in total. The fourth-order valence-corrected chi connectivity index (χ4v) is 3.96. The maximum Gasteiger partial charge on any atom is 0.245 e. The van der Waals surface area contributed by atoms with Crippen molar-refractivity contribution in [3.63, 3.8) is 0 Å². The van der Waals surface area contributed by atoms with Gasteiger partial charge in [0.25, 0.3) is 0 Å². The van der Waals surface area contributed by atoms with Gasteiger partial charge in [-0.2, -0.15) is 5.26 Å². The van der Waals surface area contributed by atoms with Gasteiger partial charge in [0.1, 0.15) is 0 Å². The molecule has 0 radical (unpaired) electrons. The molecule has 0 bridgehead atoms. The molecule has 0 aliphatic rings. The Bertz CT molecular complexity index is 923. The molecule has 1 amide bonds. The van der Waals surface area contributed by atoms with E-state index in [9.17, 15) is 13.2 Å². The SMILES string of the molecule is CCCC[C@@H](CC(=O)NOCc1ccccc1)NS(=O)(=O)c1ccc(C#N)cc1. The summed E-state index contributed by atoms with van der Waals surface area (Å²) in [5.41, 5.74) is 3.66. The van der Waals surface area contributed by atoms with Crippen LogP contribution in [0.4, 0.5) is 0 Å². The van der Waals surface area contributed by atoms with Gasteiger partial charge in [0.2, 0.25) is 15.9 Å². The molecule has 0 fully saturated rings. The Morgan fingerprint density at radius 1 is 1.14 bits per heavy atom. The number of hydrogen-bond acceptors (Lipinski definition) is 5. The summed E-state index contributed by atoms with van der Waals surface area (Å²) >= 11 is 0. The fraction of sp³-hybridized carbons (Fsp3) is 0.333. The number of amides is 1. The maximum absolute atomic E-state index is 12.6. The Kier molecular flexibility index (Phi) is 8.80. The van der Waals surface area contributed by atoms with E-state index in [2.05, 4.69) is 10.2 Å². The lowest BCUT2D eigenvalue weighted by Gasteiger charge is -2.18. The molecule has 2 aromatic rings. The monoisotopic (exact) mass is 415 g/mol. The topological polar surface area (TPSA) is 108 Å². The molecule has 0 saturated heterocycles. The molecule has 0 aromatic heterocycles. The van der Waals surface area contributed by atoms with Gasteiger partial charge in [-0.15, -0.1) is 0 Å². The highest BCUT2D eigenvalue weighted by atomic mass is 32.2. The van der Waals surface area contributed by atoms with Gasteiger partial charge in [-0.05, 0) is 36.2 Å². The van der Waals surface area contributed by atoms with Gasteiger partial charge in [0.15, 0.2) is 0 Å². The molecular formula is C21H25N3O4S. The van der Waals surface area contributed by atoms with Gasteiger partial charge in [0.05, 0.1) is 23.1 Å². The van der Waals surface area contributed by atoms with Crippen LogP contribution in [0.15, 0.2) is 59.5 Å². The molecule has 2 rings (SSSR count). The first kappa shape index (κ1) is 22.6. The minimum Gasteiger partial charge on any atom is -0.273 e. The number of unbranched alkanes of at least 4 members (excludes halogenated alkanes) is 1. The predicted molar refractivity (Wildman–Crippen MR) is 109 cm³/mol. The number of nitriles is 1. The summed E-state index contributed by atoms with van der Waals surface area (Å²) in [5, 5.41) is 8.85. The van der Waals surface area contributed by atoms with E-state index in [1.54, 1.807) is 0 Å². The summed E-state index contributed by atoms with van der Waals surface area (Å²) < 4.78 is 27.9. The summed E-state index contributed by atoms with van der Waals surface area (Å²) in [5.74, 6) is -0.399. The third-order valence-electron chi connectivity index (χ3n) is 4.22. The molecule has 154 valence electrons. The molecule has 0 saturated carbocycles. The average Bonchev–Trinajstić information content (AvgIpc) is 2.72. The third-order valence-corrected chi connectivity index (χ3v) is 5.76. The van der Waals surface area contributed by atoms with E-state index in [0.717, 1.165) is 18.4 Å². The van der Waals surface area contributed by atoms with Crippen molar-refractivity contribution in [3.05, 3.63) is 65.7 Å². The predicted octanol–water partition coefficient (Wildman–Crippen LogP) is 3.03. The summed E-state index contributed by atoms with van der Waals surface area (Å²) in [7, 11) is -3.80. The van der Waals surface area contributed by atoms with Crippen molar-refractivity contribution in [2.75, 3.05) is 0 Å². The van der Waals surface area contributed by atoms with Gasteiger partial charge in [-0.1, -0.05) is 50.1 Å². The average molecular weight is 416 g/mol. The first-order valence-electron chi connectivity index (χ1n) is 9.41. The number of hydrogen-bond donors (Lipinski definition) is 2. The van der Waals surface area contributed by atoms with E-state index in [0.29, 0.717) is 12.0 Å². The van der Waals surface area contributed by atoms with Crippen molar-refractivity contribution in [1.29, 1.82) is 5.26 Å². The second-order valence-corrected chi connectivity index (χ2v) is 8.31. The number of sulfonamides is 1. The van der Waals surface area contributed by atoms with Crippen molar-refractivity contribution in [3.8, 4) is 6.07 Å². The number of carbonyl (C=O) groups is 1. The number of nitrogens with zero attached hydrogens (tertiary/aromatic N) is 1. The number of nitrogens with one attached hydrogen (secondary N) is 2. The highest BCUT2D eigenvalue weighted by molar-refractivity contribution is 7.89. The zero-order valence-corrected chi connectivity index (χ0v) is 17.1. The van der Waals surface area contributed by atoms with Crippen LogP contribution in [0, 0.1) is 11.3 Å². The fourth-order valence-electron chi connectivity index (χ4n) is 2.69. The minimum atomic E-state index is -3.80. The second-order valence-electron chi connectivity index (χ2n) is 6.60. The Hall–Kier alpha value is -2.73. The van der Waals surface area contributed by atoms with Crippen molar-refractivity contribution in [2.45, 2.75) is 50.2 Å². The number of hydroxylamine groups is 1. The van der Waals surface area contributed by atoms with Crippen LogP contribution >= 0.6 is 0 Å². The normalized spacial score (nSPS) is 12.1. The Morgan fingerprint density at radius 2 is 1.83 bits per heavy atom. The van der Waals surface area contributed by atoms with Crippen LogP contribution in [-0.4, -0.2) is 20.4 Å². The molecule has 0 aliphatic heterocycles. The number of rotatable bonds is 11. The lowest BCUT2D eigenvalue weighted by atomic mass is 10.1. The van der Waals surface area contributed by atoms with Crippen LogP contribution in [0.25, 0.3) is 0 Å². The van der Waals surface area contributed by atoms with E-state index in [-0.39, 0.29) is 17.9 Å². The molecule has 8 heteroatoms. The highest BCUT2D eigenvalue weighted by Crippen LogP contribution is 2.14. The Labute approximate surface area is 171 Å². The van der Waals surface area contributed by atoms with Gasteiger partial charge in [-0.25, -0.2) is 18.6 Å². The van der Waals surface area contributed by atoms with Crippen LogP contribution in [0.1, 0.15) is 43.7 Å². The smallest absolute Gasteiger partial charge is 0.245 e. The molecule has 0 unspecified atom stereocenters. The van der Waals surface area contributed by atoms with Crippen molar-refractivity contribution in [1.82, 2.24) is 10.2 Å². The second kappa shape index (κ2) is 11.3. The number of benzene rings is 2. The summed E-state index contributed by atoms with van der Waals surface area (Å²) in [4.78, 5) is 17.5. The van der Waals surface area contributed by atoms with E-state index >= 15 is 0 Å². The Balaban J connectivity index is 1.94. The molecule has 0 spiro atoms. The molecule has 29 heavy (non-hydrogen) atoms. The van der Waals surface area contributed by atoms with Gasteiger partial charge in [0, 0.05) is 12.5 Å². The molecular weight excluding hydrogens is 390 g/mol. The van der Waals surface area contributed by atoms with Crippen LogP contribution in [0.5, 0.6) is 0 Å². The van der Waals surface area contributed by atoms with Crippen LogP contribution < -0.4 is 10.2 Å². The van der Waals surface area contributed by atoms with E-state index in [1.807, 2.05) is 43.3 Å². The van der Waals surface area contributed by atoms with Crippen molar-refractivity contribution < 1.29 is 18.0 Å². The Morgan fingerprint density at radius 3 is 2.45 bits per heavy atom. The summed E-state index contributed by atoms with van der Waals surface area (Å²) in [6.07, 6.45) is 2.14. The van der Waals surface area contributed by atoms with Crippen LogP contribution in [0.3, 0.4) is 0 Å². The van der Waals surface area contributed by atoms with Gasteiger partial charge < -0.3 is 0 Å². The highest BCUT2D eigenvalue weighted by Gasteiger charge is 2.22. The number of carbonyl (C=O) groups excluding carboxylic acids is 1. The van der Waals surface area contributed by atoms with E-state index in [4.69, 9.17) is 10.1 Å². The minimum absolute atomic E-state index is 0.0374. The van der Waals surface area contributed by atoms with E-state index < -0.39 is 22.0 Å². The zero-order chi connectivity index (χ0) is 21.1. The van der Waals surface area contributed by atoms with Crippen molar-refractivity contribution in [2.24, 2.45) is 0 Å². The van der Waals surface area contributed by atoms with Crippen LogP contribution in [0.2, 0.25) is 0 Å². The lowest BCUT2D eigenvalue weighted by Crippen LogP contribution is -2.39. The molecule has 7 nitrogen and oxygen atoms in total. The van der Waals surface area contributed by atoms with Crippen molar-refractivity contribution >= 4 is 15.9 Å². The molecule has 1 atom stereocenters. The standard InChI is InChI=1S/C21H25N3O4S/c1-2-3-9-19(14-21(25)23-28-16-18-7-5-4-6-8-18)24-29(26,27)20-12-10-17(15-22)11-13-20/h4-8,10-13,19,24H,2-3,9,14,16H2,1H3,(H,23,25)/t19-/m0/s1. The summed E-state index contributed by atoms with van der Waals surface area (Å²) in [6.45, 7) is 2.22. The zero-order valence-electron chi connectivity index (χ0n) is 16.3.